The van der Waals surface area contributed by atoms with Crippen LogP contribution >= 0.6 is 0 Å². The first-order valence-corrected chi connectivity index (χ1v) is 9.98. The third kappa shape index (κ3) is 8.76. The molecule has 139 valence electrons. The molecule has 3 atom stereocenters. The Kier molecular flexibility index (Phi) is 13.0. The van der Waals surface area contributed by atoms with Crippen molar-refractivity contribution in [3.05, 3.63) is 0 Å². The van der Waals surface area contributed by atoms with Crippen LogP contribution < -0.4 is 0 Å². The van der Waals surface area contributed by atoms with Gasteiger partial charge in [-0.05, 0) is 0 Å². The van der Waals surface area contributed by atoms with E-state index in [-0.39, 0.29) is 36.6 Å². The maximum absolute atomic E-state index is 5.96. The Morgan fingerprint density at radius 3 is 0.864 bits per heavy atom. The van der Waals surface area contributed by atoms with Crippen molar-refractivity contribution in [2.45, 2.75) is 60.4 Å². The van der Waals surface area contributed by atoms with Gasteiger partial charge >= 0.3 is 152 Å². The molecule has 6 nitrogen and oxygen atoms in total. The number of ether oxygens (including phenoxy) is 3. The zero-order valence-electron chi connectivity index (χ0n) is 15.2. The first-order valence-electron chi connectivity index (χ1n) is 7.49. The summed E-state index contributed by atoms with van der Waals surface area (Å²) in [5.41, 5.74) is 0. The fourth-order valence-electron chi connectivity index (χ4n) is 1.40. The van der Waals surface area contributed by atoms with E-state index >= 15 is 0 Å². The molecule has 7 heteroatoms. The van der Waals surface area contributed by atoms with Crippen molar-refractivity contribution < 1.29 is 52.4 Å². The molecule has 0 saturated carbocycles. The fourth-order valence-corrected chi connectivity index (χ4v) is 5.13. The molecule has 0 rings (SSSR count). The molecule has 0 N–H and O–H groups in total. The van der Waals surface area contributed by atoms with Crippen LogP contribution in [0.25, 0.3) is 0 Å². The molecule has 0 heterocycles. The number of hydrogen-bond acceptors (Lipinski definition) is 6. The first-order chi connectivity index (χ1) is 10.3. The monoisotopic (exact) mass is 473 g/mol. The van der Waals surface area contributed by atoms with Crippen LogP contribution in [0.3, 0.4) is 0 Å². The minimum atomic E-state index is -2.71. The van der Waals surface area contributed by atoms with Crippen LogP contribution in [0.1, 0.15) is 41.5 Å². The Bertz CT molecular complexity index is 232. The van der Waals surface area contributed by atoms with Crippen molar-refractivity contribution in [1.29, 1.82) is 0 Å². The number of rotatable bonds is 12. The van der Waals surface area contributed by atoms with Crippen molar-refractivity contribution in [2.24, 2.45) is 17.8 Å². The van der Waals surface area contributed by atoms with E-state index in [4.69, 9.17) is 18.4 Å². The van der Waals surface area contributed by atoms with Crippen molar-refractivity contribution in [3.63, 3.8) is 0 Å². The normalized spacial score (nSPS) is 17.2. The van der Waals surface area contributed by atoms with E-state index in [1.165, 1.54) is 0 Å². The fraction of sp³-hybridized carbons (Fsp3) is 1.00. The van der Waals surface area contributed by atoms with Gasteiger partial charge in [0.2, 0.25) is 0 Å². The van der Waals surface area contributed by atoms with Crippen LogP contribution in [0.4, 0.5) is 0 Å². The molecule has 0 amide bonds. The van der Waals surface area contributed by atoms with Crippen molar-refractivity contribution in [1.82, 2.24) is 0 Å². The molecule has 3 unspecified atom stereocenters. The van der Waals surface area contributed by atoms with E-state index < -0.39 is 34.0 Å². The van der Waals surface area contributed by atoms with Gasteiger partial charge in [-0.1, -0.05) is 0 Å². The Labute approximate surface area is 151 Å². The van der Waals surface area contributed by atoms with E-state index in [9.17, 15) is 0 Å². The second kappa shape index (κ2) is 12.4. The molecule has 0 aromatic rings. The van der Waals surface area contributed by atoms with Crippen LogP contribution in [0.2, 0.25) is 0 Å². The summed E-state index contributed by atoms with van der Waals surface area (Å²) in [5, 5.41) is 0. The summed E-state index contributed by atoms with van der Waals surface area (Å²) in [7, 11) is 4.85. The molecule has 0 aliphatic carbocycles. The zero-order valence-corrected chi connectivity index (χ0v) is 17.3. The third-order valence-corrected chi connectivity index (χ3v) is 5.32. The summed E-state index contributed by atoms with van der Waals surface area (Å²) in [4.78, 5) is 0. The summed E-state index contributed by atoms with van der Waals surface area (Å²) in [6, 6.07) is 0. The quantitative estimate of drug-likeness (QED) is 0.407. The summed E-state index contributed by atoms with van der Waals surface area (Å²) in [5.74, 6) is 0.576. The molecule has 0 aliphatic heterocycles. The molecule has 0 saturated heterocycles. The molecule has 0 spiro atoms. The van der Waals surface area contributed by atoms with Gasteiger partial charge in [-0.2, -0.15) is 0 Å². The first kappa shape index (κ1) is 23.0. The van der Waals surface area contributed by atoms with E-state index in [1.54, 1.807) is 21.3 Å². The molecule has 0 bridgehead atoms. The molecule has 0 radical (unpaired) electrons. The molecule has 22 heavy (non-hydrogen) atoms. The molecule has 0 aromatic heterocycles. The predicted molar refractivity (Wildman–Crippen MR) is 80.2 cm³/mol. The summed E-state index contributed by atoms with van der Waals surface area (Å²) in [6.07, 6.45) is -1.13. The predicted octanol–water partition coefficient (Wildman–Crippen LogP) is 3.29. The van der Waals surface area contributed by atoms with Crippen LogP contribution in [0.15, 0.2) is 0 Å². The Morgan fingerprint density at radius 2 is 0.727 bits per heavy atom. The van der Waals surface area contributed by atoms with Crippen LogP contribution in [-0.4, -0.2) is 40.2 Å². The van der Waals surface area contributed by atoms with Gasteiger partial charge in [-0.25, -0.2) is 0 Å². The van der Waals surface area contributed by atoms with Gasteiger partial charge in [0, 0.05) is 0 Å². The average Bonchev–Trinajstić information content (AvgIpc) is 2.45. The van der Waals surface area contributed by atoms with E-state index in [2.05, 4.69) is 0 Å². The van der Waals surface area contributed by atoms with Gasteiger partial charge in [-0.3, -0.25) is 0 Å². The molecular weight excluding hydrogens is 439 g/mol. The summed E-state index contributed by atoms with van der Waals surface area (Å²) < 4.78 is 34.0. The van der Waals surface area contributed by atoms with Crippen molar-refractivity contribution in [2.75, 3.05) is 21.3 Å². The Morgan fingerprint density at radius 1 is 0.500 bits per heavy atom. The number of hydrogen-bond donors (Lipinski definition) is 0. The standard InChI is InChI=1S/3C5H11O2.Dy/c3*1-4(2)5(6)7-3;/h3*4-5H,1-3H3;/q3*-1;+3. The maximum atomic E-state index is 5.96. The topological polar surface area (TPSA) is 55.4 Å². The van der Waals surface area contributed by atoms with Crippen molar-refractivity contribution >= 4 is 0 Å². The number of methoxy groups -OCH3 is 3. The second-order valence-corrected chi connectivity index (χ2v) is 8.38. The Hall–Kier alpha value is 1.03. The van der Waals surface area contributed by atoms with Gasteiger partial charge in [0.15, 0.2) is 0 Å². The Balaban J connectivity index is 4.95. The SMILES string of the molecule is COC([O][Dy]([O]C(OC)C(C)C)[O]C(OC)C(C)C)C(C)C. The minimum absolute atomic E-state index is 0.192. The molecule has 0 fully saturated rings. The second-order valence-electron chi connectivity index (χ2n) is 5.93. The van der Waals surface area contributed by atoms with Crippen molar-refractivity contribution in [3.8, 4) is 0 Å². The summed E-state index contributed by atoms with van der Waals surface area (Å²) in [6.45, 7) is 12.1. The van der Waals surface area contributed by atoms with Gasteiger partial charge in [0.1, 0.15) is 0 Å². The van der Waals surface area contributed by atoms with E-state index in [1.807, 2.05) is 41.5 Å². The van der Waals surface area contributed by atoms with Gasteiger partial charge in [0.25, 0.3) is 0 Å². The average molecular weight is 472 g/mol. The molecular formula is C15H33DyO6. The van der Waals surface area contributed by atoms with E-state index in [0.29, 0.717) is 0 Å². The van der Waals surface area contributed by atoms with Gasteiger partial charge in [-0.15, -0.1) is 0 Å². The third-order valence-electron chi connectivity index (χ3n) is 2.73. The zero-order chi connectivity index (χ0) is 17.3. The van der Waals surface area contributed by atoms with E-state index in [0.717, 1.165) is 0 Å². The van der Waals surface area contributed by atoms with Crippen LogP contribution in [0.5, 0.6) is 0 Å². The van der Waals surface area contributed by atoms with Gasteiger partial charge in [0.05, 0.1) is 0 Å². The van der Waals surface area contributed by atoms with Gasteiger partial charge < -0.3 is 0 Å². The molecule has 0 aromatic carbocycles. The summed E-state index contributed by atoms with van der Waals surface area (Å²) >= 11 is -2.71. The van der Waals surface area contributed by atoms with Crippen LogP contribution in [0, 0.1) is 51.7 Å². The molecule has 0 aliphatic rings. The van der Waals surface area contributed by atoms with Crippen LogP contribution in [-0.2, 0) is 18.4 Å².